The van der Waals surface area contributed by atoms with Crippen LogP contribution >= 0.6 is 18.1 Å². The first-order chi connectivity index (χ1) is 9.05. The molecule has 0 saturated carbocycles. The number of benzene rings is 1. The maximum absolute atomic E-state index is 12.7. The van der Waals surface area contributed by atoms with Gasteiger partial charge in [-0.15, -0.1) is 0 Å². The van der Waals surface area contributed by atoms with E-state index in [0.717, 1.165) is 16.1 Å². The van der Waals surface area contributed by atoms with Gasteiger partial charge >= 0.3 is 6.72 Å². The average Bonchev–Trinajstić information content (AvgIpc) is 2.64. The molecule has 7 heteroatoms. The second-order valence-electron chi connectivity index (χ2n) is 3.77. The lowest BCUT2D eigenvalue weighted by molar-refractivity contribution is 0.0747. The number of rotatable bonds is 5. The summed E-state index contributed by atoms with van der Waals surface area (Å²) >= 11 is 0.996. The number of amides is 2. The van der Waals surface area contributed by atoms with Crippen molar-refractivity contribution in [2.75, 3.05) is 12.4 Å². The van der Waals surface area contributed by atoms with Crippen LogP contribution in [0.2, 0.25) is 0 Å². The van der Waals surface area contributed by atoms with Crippen LogP contribution in [0.1, 0.15) is 34.6 Å². The molecule has 1 aliphatic rings. The summed E-state index contributed by atoms with van der Waals surface area (Å²) in [6.07, 6.45) is 0. The van der Waals surface area contributed by atoms with E-state index in [1.807, 2.05) is 0 Å². The van der Waals surface area contributed by atoms with Gasteiger partial charge in [-0.3, -0.25) is 14.2 Å². The molecular formula is C12H14NO4PS. The summed E-state index contributed by atoms with van der Waals surface area (Å²) in [5.41, 5.74) is 0.563. The number of carbonyl (C=O) groups is 2. The molecule has 2 amide bonds. The molecule has 0 fully saturated rings. The molecule has 0 aromatic heterocycles. The summed E-state index contributed by atoms with van der Waals surface area (Å²) in [7, 11) is 0. The Bertz CT molecular complexity index is 530. The lowest BCUT2D eigenvalue weighted by Crippen LogP contribution is -2.26. The number of fused-ring (bicyclic) bond motifs is 1. The van der Waals surface area contributed by atoms with Crippen molar-refractivity contribution in [3.05, 3.63) is 35.4 Å². The van der Waals surface area contributed by atoms with E-state index >= 15 is 0 Å². The molecular weight excluding hydrogens is 285 g/mol. The van der Waals surface area contributed by atoms with E-state index in [-0.39, 0.29) is 17.7 Å². The van der Waals surface area contributed by atoms with Gasteiger partial charge in [0, 0.05) is 5.75 Å². The van der Waals surface area contributed by atoms with E-state index in [1.54, 1.807) is 38.1 Å². The van der Waals surface area contributed by atoms with Crippen LogP contribution in [0.3, 0.4) is 0 Å². The normalized spacial score (nSPS) is 17.5. The third kappa shape index (κ3) is 2.36. The van der Waals surface area contributed by atoms with Gasteiger partial charge in [0.15, 0.2) is 0 Å². The zero-order valence-electron chi connectivity index (χ0n) is 10.7. The predicted molar refractivity (Wildman–Crippen MR) is 74.3 cm³/mol. The van der Waals surface area contributed by atoms with Crippen molar-refractivity contribution in [2.24, 2.45) is 0 Å². The monoisotopic (exact) mass is 299 g/mol. The lowest BCUT2D eigenvalue weighted by atomic mass is 10.1. The molecule has 5 nitrogen and oxygen atoms in total. The standard InChI is InChI=1S/C12H14NO4PS/c1-3-17-18(16,19-4-2)13-11(14)9-7-5-6-8-10(9)12(13)15/h5-8H,3-4H2,1-2H3. The third-order valence-electron chi connectivity index (χ3n) is 2.60. The maximum Gasteiger partial charge on any atom is 0.363 e. The molecule has 1 atom stereocenters. The van der Waals surface area contributed by atoms with Crippen LogP contribution in [-0.4, -0.2) is 28.8 Å². The Labute approximate surface area is 115 Å². The Morgan fingerprint density at radius 2 is 1.68 bits per heavy atom. The van der Waals surface area contributed by atoms with Gasteiger partial charge < -0.3 is 4.52 Å². The Morgan fingerprint density at radius 1 is 1.16 bits per heavy atom. The number of nitrogens with zero attached hydrogens (tertiary/aromatic N) is 1. The first-order valence-corrected chi connectivity index (χ1v) is 9.09. The minimum atomic E-state index is -3.51. The molecule has 1 aromatic rings. The fourth-order valence-electron chi connectivity index (χ4n) is 1.88. The minimum Gasteiger partial charge on any atom is -0.306 e. The molecule has 0 spiro atoms. The van der Waals surface area contributed by atoms with Crippen LogP contribution in [-0.2, 0) is 9.09 Å². The van der Waals surface area contributed by atoms with E-state index in [0.29, 0.717) is 5.75 Å². The summed E-state index contributed by atoms with van der Waals surface area (Å²) in [5.74, 6) is -0.596. The third-order valence-corrected chi connectivity index (χ3v) is 7.18. The minimum absolute atomic E-state index is 0.178. The Balaban J connectivity index is 2.45. The Kier molecular flexibility index (Phi) is 4.13. The van der Waals surface area contributed by atoms with Crippen molar-refractivity contribution in [1.29, 1.82) is 0 Å². The lowest BCUT2D eigenvalue weighted by Gasteiger charge is -2.24. The molecule has 0 aliphatic carbocycles. The van der Waals surface area contributed by atoms with Gasteiger partial charge in [0.1, 0.15) is 0 Å². The Morgan fingerprint density at radius 3 is 2.11 bits per heavy atom. The molecule has 19 heavy (non-hydrogen) atoms. The second kappa shape index (κ2) is 5.49. The highest BCUT2D eigenvalue weighted by Gasteiger charge is 2.47. The highest BCUT2D eigenvalue weighted by molar-refractivity contribution is 8.56. The van der Waals surface area contributed by atoms with Crippen LogP contribution in [0.15, 0.2) is 24.3 Å². The quantitative estimate of drug-likeness (QED) is 0.617. The molecule has 1 aliphatic heterocycles. The van der Waals surface area contributed by atoms with Crippen LogP contribution in [0.25, 0.3) is 0 Å². The van der Waals surface area contributed by atoms with Crippen LogP contribution < -0.4 is 0 Å². The van der Waals surface area contributed by atoms with Crippen molar-refractivity contribution in [3.63, 3.8) is 0 Å². The van der Waals surface area contributed by atoms with Gasteiger partial charge in [-0.1, -0.05) is 19.1 Å². The number of hydrogen-bond acceptors (Lipinski definition) is 5. The largest absolute Gasteiger partial charge is 0.363 e. The summed E-state index contributed by atoms with van der Waals surface area (Å²) < 4.78 is 18.7. The van der Waals surface area contributed by atoms with Gasteiger partial charge in [-0.2, -0.15) is 4.67 Å². The number of carbonyl (C=O) groups excluding carboxylic acids is 2. The maximum atomic E-state index is 12.7. The summed E-state index contributed by atoms with van der Waals surface area (Å²) in [6.45, 7) is 0.149. The van der Waals surface area contributed by atoms with E-state index in [2.05, 4.69) is 0 Å². The van der Waals surface area contributed by atoms with E-state index < -0.39 is 18.5 Å². The summed E-state index contributed by atoms with van der Waals surface area (Å²) in [6, 6.07) is 6.46. The predicted octanol–water partition coefficient (Wildman–Crippen LogP) is 3.18. The average molecular weight is 299 g/mol. The van der Waals surface area contributed by atoms with Crippen molar-refractivity contribution < 1.29 is 18.7 Å². The Hall–Kier alpha value is -1.10. The topological polar surface area (TPSA) is 63.7 Å². The van der Waals surface area contributed by atoms with Crippen molar-refractivity contribution in [3.8, 4) is 0 Å². The van der Waals surface area contributed by atoms with E-state index in [1.165, 1.54) is 0 Å². The van der Waals surface area contributed by atoms with E-state index in [4.69, 9.17) is 4.52 Å². The second-order valence-corrected chi connectivity index (χ2v) is 8.36. The molecule has 0 N–H and O–H groups in total. The zero-order chi connectivity index (χ0) is 14.0. The van der Waals surface area contributed by atoms with Gasteiger partial charge in [0.2, 0.25) is 0 Å². The first-order valence-electron chi connectivity index (χ1n) is 5.92. The van der Waals surface area contributed by atoms with Crippen molar-refractivity contribution in [2.45, 2.75) is 13.8 Å². The molecule has 0 saturated heterocycles. The number of imide groups is 1. The SMILES string of the molecule is CCOP(=O)(SCC)N1C(=O)c2ccccc2C1=O. The highest BCUT2D eigenvalue weighted by atomic mass is 32.7. The summed E-state index contributed by atoms with van der Waals surface area (Å²) in [4.78, 5) is 24.5. The fraction of sp³-hybridized carbons (Fsp3) is 0.333. The van der Waals surface area contributed by atoms with Gasteiger partial charge in [-0.05, 0) is 30.4 Å². The molecule has 0 radical (unpaired) electrons. The molecule has 1 unspecified atom stereocenters. The number of hydrogen-bond donors (Lipinski definition) is 0. The molecule has 0 bridgehead atoms. The molecule has 2 rings (SSSR count). The van der Waals surface area contributed by atoms with Crippen molar-refractivity contribution in [1.82, 2.24) is 4.67 Å². The fourth-order valence-corrected chi connectivity index (χ4v) is 5.81. The van der Waals surface area contributed by atoms with E-state index in [9.17, 15) is 14.2 Å². The molecule has 1 aromatic carbocycles. The van der Waals surface area contributed by atoms with Gasteiger partial charge in [0.05, 0.1) is 17.7 Å². The zero-order valence-corrected chi connectivity index (χ0v) is 12.4. The summed E-state index contributed by atoms with van der Waals surface area (Å²) in [5, 5.41) is 0. The first kappa shape index (κ1) is 14.3. The highest BCUT2D eigenvalue weighted by Crippen LogP contribution is 2.64. The van der Waals surface area contributed by atoms with Crippen molar-refractivity contribution >= 4 is 29.9 Å². The van der Waals surface area contributed by atoms with Gasteiger partial charge in [0.25, 0.3) is 11.8 Å². The molecule has 102 valence electrons. The van der Waals surface area contributed by atoms with Crippen LogP contribution in [0.4, 0.5) is 0 Å². The molecule has 1 heterocycles. The van der Waals surface area contributed by atoms with Gasteiger partial charge in [-0.25, -0.2) is 0 Å². The van der Waals surface area contributed by atoms with Crippen LogP contribution in [0.5, 0.6) is 0 Å². The smallest absolute Gasteiger partial charge is 0.306 e. The van der Waals surface area contributed by atoms with Crippen LogP contribution in [0, 0.1) is 0 Å².